The lowest BCUT2D eigenvalue weighted by Crippen LogP contribution is -2.58. The first kappa shape index (κ1) is 51.6. The Hall–Kier alpha value is -7.77. The second-order valence-electron chi connectivity index (χ2n) is 20.0. The van der Waals surface area contributed by atoms with E-state index in [1.54, 1.807) is 28.8 Å². The topological polar surface area (TPSA) is 278 Å². The van der Waals surface area contributed by atoms with E-state index < -0.39 is 35.5 Å². The molecule has 0 spiro atoms. The number of benzene rings is 1. The fourth-order valence-corrected chi connectivity index (χ4v) is 10.2. The first-order chi connectivity index (χ1) is 35.1. The van der Waals surface area contributed by atoms with Crippen molar-refractivity contribution in [3.05, 3.63) is 96.4 Å². The summed E-state index contributed by atoms with van der Waals surface area (Å²) >= 11 is 0. The maximum atomic E-state index is 13.8. The summed E-state index contributed by atoms with van der Waals surface area (Å²) in [6.45, 7) is 6.10. The van der Waals surface area contributed by atoms with Crippen LogP contribution in [0.1, 0.15) is 114 Å². The molecule has 20 heteroatoms. The van der Waals surface area contributed by atoms with Crippen molar-refractivity contribution in [3.8, 4) is 22.6 Å². The lowest BCUT2D eigenvalue weighted by atomic mass is 9.57. The molecule has 4 aromatic heterocycles. The van der Waals surface area contributed by atoms with Gasteiger partial charge in [0.1, 0.15) is 18.8 Å². The summed E-state index contributed by atoms with van der Waals surface area (Å²) in [5.74, 6) is -1.82. The number of carbonyl (C=O) groups excluding carboxylic acids is 7. The van der Waals surface area contributed by atoms with Crippen LogP contribution in [0.15, 0.2) is 79.3 Å². The van der Waals surface area contributed by atoms with Gasteiger partial charge in [-0.15, -0.1) is 0 Å². The number of imide groups is 1. The molecule has 9 rings (SSSR count). The number of hydrogen-bond acceptors (Lipinski definition) is 12. The van der Waals surface area contributed by atoms with E-state index in [2.05, 4.69) is 36.3 Å². The minimum absolute atomic E-state index is 0.00996. The molecule has 0 saturated heterocycles. The van der Waals surface area contributed by atoms with Gasteiger partial charge in [-0.1, -0.05) is 38.5 Å². The quantitative estimate of drug-likeness (QED) is 0.0309. The van der Waals surface area contributed by atoms with Crippen LogP contribution >= 0.6 is 0 Å². The number of nitrogens with zero attached hydrogens (tertiary/aromatic N) is 6. The van der Waals surface area contributed by atoms with Gasteiger partial charge in [-0.05, 0) is 119 Å². The normalized spacial score (nSPS) is 19.0. The lowest BCUT2D eigenvalue weighted by molar-refractivity contribution is -0.137. The number of rotatable bonds is 23. The summed E-state index contributed by atoms with van der Waals surface area (Å²) in [5, 5.41) is 15.8. The molecule has 3 aliphatic carbocycles. The molecule has 5 heterocycles. The Morgan fingerprint density at radius 2 is 1.62 bits per heavy atom. The second-order valence-corrected chi connectivity index (χ2v) is 20.0. The number of pyridine rings is 2. The Bertz CT molecular complexity index is 2850. The number of unbranched alkanes of at least 4 members (excludes halogenated alkanes) is 2. The zero-order valence-corrected chi connectivity index (χ0v) is 41.6. The van der Waals surface area contributed by atoms with Gasteiger partial charge in [0.15, 0.2) is 11.4 Å². The van der Waals surface area contributed by atoms with Gasteiger partial charge in [0.25, 0.3) is 11.8 Å². The fraction of sp³-hybridized carbons (Fsp3) is 0.453. The van der Waals surface area contributed by atoms with Crippen LogP contribution < -0.4 is 27.0 Å². The molecule has 384 valence electrons. The van der Waals surface area contributed by atoms with Gasteiger partial charge in [0.05, 0.1) is 23.1 Å². The fourth-order valence-electron chi connectivity index (χ4n) is 10.2. The molecule has 0 radical (unpaired) electrons. The molecular formula is C53H64N12O8. The third kappa shape index (κ3) is 12.6. The van der Waals surface area contributed by atoms with Crippen LogP contribution in [-0.4, -0.2) is 101 Å². The number of imidazole rings is 1. The molecule has 7 amide bonds. The second kappa shape index (κ2) is 22.8. The number of amides is 7. The van der Waals surface area contributed by atoms with Gasteiger partial charge in [0, 0.05) is 78.1 Å². The smallest absolute Gasteiger partial charge is 0.407 e. The minimum atomic E-state index is -0.834. The Labute approximate surface area is 423 Å². The third-order valence-electron chi connectivity index (χ3n) is 14.5. The third-order valence-corrected chi connectivity index (χ3v) is 14.5. The highest BCUT2D eigenvalue weighted by Crippen LogP contribution is 2.53. The van der Waals surface area contributed by atoms with Crippen LogP contribution in [0, 0.1) is 18.8 Å². The number of anilines is 1. The molecule has 2 atom stereocenters. The van der Waals surface area contributed by atoms with E-state index in [0.717, 1.165) is 83.2 Å². The molecular weight excluding hydrogens is 933 g/mol. The number of hydrogen-bond donors (Lipinski definition) is 6. The predicted molar refractivity (Wildman–Crippen MR) is 270 cm³/mol. The summed E-state index contributed by atoms with van der Waals surface area (Å²) in [4.78, 5) is 108. The Kier molecular flexibility index (Phi) is 16.1. The number of primary amides is 1. The number of ether oxygens (including phenoxy) is 1. The number of Topliss-reactive ketones (excluding diaryl/α,β-unsaturated/α-hetero) is 1. The molecule has 20 nitrogen and oxygen atoms in total. The summed E-state index contributed by atoms with van der Waals surface area (Å²) in [5.41, 5.74) is 10.9. The van der Waals surface area contributed by atoms with E-state index in [-0.39, 0.29) is 73.8 Å². The highest BCUT2D eigenvalue weighted by Gasteiger charge is 2.52. The van der Waals surface area contributed by atoms with Crippen molar-refractivity contribution < 1.29 is 38.3 Å². The number of ketones is 1. The number of aryl methyl sites for hydroxylation is 1. The Balaban J connectivity index is 0.820. The van der Waals surface area contributed by atoms with Crippen molar-refractivity contribution in [1.29, 1.82) is 0 Å². The lowest BCUT2D eigenvalue weighted by Gasteiger charge is -2.52. The molecule has 1 aliphatic heterocycles. The summed E-state index contributed by atoms with van der Waals surface area (Å²) in [6, 6.07) is 15.3. The number of H-pyrrole nitrogens is 1. The van der Waals surface area contributed by atoms with Gasteiger partial charge >= 0.3 is 12.1 Å². The van der Waals surface area contributed by atoms with E-state index in [4.69, 9.17) is 20.4 Å². The SMILES string of the molecule is Cc1cccc(-c2[nH]c(C34CCC(NC(=O)OCc5ccc(NC(=O)[C@H](CCCNC(N)=O)CC(=O)[C@@H](NC(=O)CCCCCN6C(=O)C=CC6=O)C(C)C)cc5)(CC3)CC4)nc2-c2ccc3ncnn3c2)n1. The molecule has 2 bridgehead atoms. The molecule has 73 heavy (non-hydrogen) atoms. The number of carbonyl (C=O) groups is 7. The van der Waals surface area contributed by atoms with Crippen LogP contribution in [0.4, 0.5) is 15.3 Å². The number of nitrogens with two attached hydrogens (primary N) is 1. The number of fused-ring (bicyclic) bond motifs is 4. The summed E-state index contributed by atoms with van der Waals surface area (Å²) < 4.78 is 7.47. The van der Waals surface area contributed by atoms with E-state index in [1.807, 2.05) is 57.3 Å². The number of aromatic nitrogens is 6. The summed E-state index contributed by atoms with van der Waals surface area (Å²) in [6.07, 6.45) is 12.5. The van der Waals surface area contributed by atoms with Crippen molar-refractivity contribution in [2.75, 3.05) is 18.4 Å². The Morgan fingerprint density at radius 1 is 0.877 bits per heavy atom. The van der Waals surface area contributed by atoms with Crippen LogP contribution in [0.2, 0.25) is 0 Å². The molecule has 7 N–H and O–H groups in total. The monoisotopic (exact) mass is 996 g/mol. The van der Waals surface area contributed by atoms with Gasteiger partial charge < -0.3 is 36.7 Å². The van der Waals surface area contributed by atoms with E-state index >= 15 is 0 Å². The zero-order valence-electron chi connectivity index (χ0n) is 41.6. The maximum Gasteiger partial charge on any atom is 0.407 e. The van der Waals surface area contributed by atoms with Crippen LogP contribution in [0.5, 0.6) is 0 Å². The van der Waals surface area contributed by atoms with Gasteiger partial charge in [-0.2, -0.15) is 5.10 Å². The average Bonchev–Trinajstić information content (AvgIpc) is 4.13. The molecule has 0 unspecified atom stereocenters. The number of urea groups is 1. The highest BCUT2D eigenvalue weighted by atomic mass is 16.5. The van der Waals surface area contributed by atoms with Crippen molar-refractivity contribution in [2.45, 2.75) is 128 Å². The zero-order chi connectivity index (χ0) is 51.7. The van der Waals surface area contributed by atoms with Crippen molar-refractivity contribution in [3.63, 3.8) is 0 Å². The first-order valence-corrected chi connectivity index (χ1v) is 25.2. The van der Waals surface area contributed by atoms with E-state index in [1.165, 1.54) is 18.5 Å². The summed E-state index contributed by atoms with van der Waals surface area (Å²) in [7, 11) is 0. The largest absolute Gasteiger partial charge is 0.445 e. The van der Waals surface area contributed by atoms with Crippen molar-refractivity contribution >= 4 is 52.9 Å². The maximum absolute atomic E-state index is 13.8. The van der Waals surface area contributed by atoms with Gasteiger partial charge in [-0.25, -0.2) is 24.1 Å². The molecule has 5 aromatic rings. The van der Waals surface area contributed by atoms with E-state index in [9.17, 15) is 33.6 Å². The first-order valence-electron chi connectivity index (χ1n) is 25.2. The van der Waals surface area contributed by atoms with E-state index in [0.29, 0.717) is 36.9 Å². The molecule has 3 saturated carbocycles. The number of nitrogens with one attached hydrogen (secondary N) is 5. The standard InChI is InChI=1S/C53H64N12O8/c1-33(2)45(60-42(67)12-5-4-6-28-64-43(68)19-20-44(64)69)40(66)29-36(10-8-27-55-50(54)71)48(70)59-38-16-13-35(14-17-38)31-73-51(72)63-53-24-21-52(22-25-53,23-26-53)49-61-46(37-15-18-41-56-32-57-65(41)30-37)47(62-49)39-11-7-9-34(3)58-39/h7,9,11,13-20,30,32-33,36,45H,4-6,8,10,12,21-29,31H2,1-3H3,(H,59,70)(H,60,67)(H,61,62)(H,63,72)(H3,54,55,71)/t36-,45+,52?,53?/m1/s1. The molecule has 4 aliphatic rings. The average molecular weight is 997 g/mol. The van der Waals surface area contributed by atoms with Crippen LogP contribution in [0.3, 0.4) is 0 Å². The molecule has 1 aromatic carbocycles. The van der Waals surface area contributed by atoms with Gasteiger partial charge in [-0.3, -0.25) is 33.9 Å². The highest BCUT2D eigenvalue weighted by molar-refractivity contribution is 6.12. The van der Waals surface area contributed by atoms with Crippen molar-refractivity contribution in [1.82, 2.24) is 50.4 Å². The van der Waals surface area contributed by atoms with Gasteiger partial charge in [0.2, 0.25) is 11.8 Å². The molecule has 3 fully saturated rings. The van der Waals surface area contributed by atoms with Crippen molar-refractivity contribution in [2.24, 2.45) is 17.6 Å². The van der Waals surface area contributed by atoms with Crippen LogP contribution in [-0.2, 0) is 40.7 Å². The minimum Gasteiger partial charge on any atom is -0.445 e. The number of aromatic amines is 1. The Morgan fingerprint density at radius 3 is 2.32 bits per heavy atom. The van der Waals surface area contributed by atoms with Crippen LogP contribution in [0.25, 0.3) is 28.3 Å². The predicted octanol–water partition coefficient (Wildman–Crippen LogP) is 6.35. The number of alkyl carbamates (subject to hydrolysis) is 1.